The standard InChI is InChI=1S/C14H22N2O/c1-3-7-13(12-8-5-4-6-9-12)16-14(17)10-11(2)15/h4-6,8-9,11,13H,3,7,10,15H2,1-2H3,(H,16,17). The Labute approximate surface area is 103 Å². The number of carbonyl (C=O) groups excluding carboxylic acids is 1. The van der Waals surface area contributed by atoms with Gasteiger partial charge < -0.3 is 11.1 Å². The molecule has 0 aliphatic heterocycles. The third-order valence-electron chi connectivity index (χ3n) is 2.62. The fourth-order valence-corrected chi connectivity index (χ4v) is 1.84. The first-order valence-electron chi connectivity index (χ1n) is 6.23. The maximum atomic E-state index is 11.7. The zero-order valence-corrected chi connectivity index (χ0v) is 10.6. The molecule has 0 saturated carbocycles. The van der Waals surface area contributed by atoms with E-state index in [9.17, 15) is 4.79 Å². The van der Waals surface area contributed by atoms with Crippen molar-refractivity contribution in [1.82, 2.24) is 5.32 Å². The normalized spacial score (nSPS) is 14.1. The third kappa shape index (κ3) is 5.00. The van der Waals surface area contributed by atoms with E-state index in [-0.39, 0.29) is 18.0 Å². The molecular formula is C14H22N2O. The molecule has 3 nitrogen and oxygen atoms in total. The predicted octanol–water partition coefficient (Wildman–Crippen LogP) is 2.38. The van der Waals surface area contributed by atoms with Crippen molar-refractivity contribution >= 4 is 5.91 Å². The van der Waals surface area contributed by atoms with Crippen LogP contribution < -0.4 is 11.1 Å². The summed E-state index contributed by atoms with van der Waals surface area (Å²) in [6.07, 6.45) is 2.37. The van der Waals surface area contributed by atoms with Crippen molar-refractivity contribution in [2.45, 2.75) is 45.2 Å². The van der Waals surface area contributed by atoms with Crippen LogP contribution in [-0.4, -0.2) is 11.9 Å². The monoisotopic (exact) mass is 234 g/mol. The highest BCUT2D eigenvalue weighted by Gasteiger charge is 2.14. The Morgan fingerprint density at radius 1 is 1.35 bits per heavy atom. The van der Waals surface area contributed by atoms with Crippen LogP contribution >= 0.6 is 0 Å². The SMILES string of the molecule is CCCC(NC(=O)CC(C)N)c1ccccc1. The van der Waals surface area contributed by atoms with Crippen LogP contribution in [0, 0.1) is 0 Å². The Hall–Kier alpha value is -1.35. The molecule has 1 aromatic carbocycles. The summed E-state index contributed by atoms with van der Waals surface area (Å²) in [4.78, 5) is 11.7. The quantitative estimate of drug-likeness (QED) is 0.794. The molecule has 1 amide bonds. The number of hydrogen-bond acceptors (Lipinski definition) is 2. The van der Waals surface area contributed by atoms with Gasteiger partial charge in [-0.3, -0.25) is 4.79 Å². The lowest BCUT2D eigenvalue weighted by molar-refractivity contribution is -0.122. The van der Waals surface area contributed by atoms with Gasteiger partial charge in [0.1, 0.15) is 0 Å². The topological polar surface area (TPSA) is 55.1 Å². The van der Waals surface area contributed by atoms with Gasteiger partial charge in [-0.2, -0.15) is 0 Å². The van der Waals surface area contributed by atoms with Crippen molar-refractivity contribution in [3.05, 3.63) is 35.9 Å². The zero-order valence-electron chi connectivity index (χ0n) is 10.6. The van der Waals surface area contributed by atoms with E-state index in [4.69, 9.17) is 5.73 Å². The van der Waals surface area contributed by atoms with Crippen LogP contribution in [0.5, 0.6) is 0 Å². The minimum absolute atomic E-state index is 0.0299. The number of nitrogens with one attached hydrogen (secondary N) is 1. The molecule has 0 bridgehead atoms. The summed E-state index contributed by atoms with van der Waals surface area (Å²) >= 11 is 0. The second kappa shape index (κ2) is 7.07. The van der Waals surface area contributed by atoms with Crippen LogP contribution in [0.4, 0.5) is 0 Å². The molecule has 2 unspecified atom stereocenters. The van der Waals surface area contributed by atoms with Gasteiger partial charge in [0.2, 0.25) is 5.91 Å². The van der Waals surface area contributed by atoms with Crippen molar-refractivity contribution in [3.8, 4) is 0 Å². The predicted molar refractivity (Wildman–Crippen MR) is 70.5 cm³/mol. The third-order valence-corrected chi connectivity index (χ3v) is 2.62. The second-order valence-electron chi connectivity index (χ2n) is 4.50. The largest absolute Gasteiger partial charge is 0.349 e. The number of amides is 1. The van der Waals surface area contributed by atoms with Crippen LogP contribution in [0.25, 0.3) is 0 Å². The van der Waals surface area contributed by atoms with E-state index in [1.165, 1.54) is 0 Å². The lowest BCUT2D eigenvalue weighted by Crippen LogP contribution is -2.32. The zero-order chi connectivity index (χ0) is 12.7. The fourth-order valence-electron chi connectivity index (χ4n) is 1.84. The molecule has 0 aliphatic rings. The molecule has 3 N–H and O–H groups in total. The summed E-state index contributed by atoms with van der Waals surface area (Å²) in [5.74, 6) is 0.0299. The Morgan fingerprint density at radius 3 is 2.53 bits per heavy atom. The number of rotatable bonds is 6. The molecule has 1 rings (SSSR count). The van der Waals surface area contributed by atoms with Gasteiger partial charge in [-0.25, -0.2) is 0 Å². The van der Waals surface area contributed by atoms with E-state index in [1.807, 2.05) is 37.3 Å². The average Bonchev–Trinajstić information content (AvgIpc) is 2.28. The highest BCUT2D eigenvalue weighted by atomic mass is 16.1. The van der Waals surface area contributed by atoms with Crippen molar-refractivity contribution in [1.29, 1.82) is 0 Å². The molecule has 0 saturated heterocycles. The summed E-state index contributed by atoms with van der Waals surface area (Å²) in [6, 6.07) is 10.1. The van der Waals surface area contributed by atoms with Gasteiger partial charge in [0.25, 0.3) is 0 Å². The maximum absolute atomic E-state index is 11.7. The molecule has 0 aliphatic carbocycles. The summed E-state index contributed by atoms with van der Waals surface area (Å²) in [7, 11) is 0. The second-order valence-corrected chi connectivity index (χ2v) is 4.50. The van der Waals surface area contributed by atoms with Crippen LogP contribution in [0.3, 0.4) is 0 Å². The van der Waals surface area contributed by atoms with Gasteiger partial charge in [0.15, 0.2) is 0 Å². The van der Waals surface area contributed by atoms with Crippen LogP contribution in [-0.2, 0) is 4.79 Å². The molecule has 0 heterocycles. The summed E-state index contributed by atoms with van der Waals surface area (Å²) < 4.78 is 0. The van der Waals surface area contributed by atoms with Gasteiger partial charge in [0.05, 0.1) is 6.04 Å². The fraction of sp³-hybridized carbons (Fsp3) is 0.500. The van der Waals surface area contributed by atoms with Crippen LogP contribution in [0.15, 0.2) is 30.3 Å². The summed E-state index contributed by atoms with van der Waals surface area (Å²) in [5.41, 5.74) is 6.78. The van der Waals surface area contributed by atoms with E-state index in [1.54, 1.807) is 0 Å². The molecule has 0 spiro atoms. The van der Waals surface area contributed by atoms with E-state index >= 15 is 0 Å². The van der Waals surface area contributed by atoms with Crippen molar-refractivity contribution in [2.24, 2.45) is 5.73 Å². The first-order valence-corrected chi connectivity index (χ1v) is 6.23. The highest BCUT2D eigenvalue weighted by molar-refractivity contribution is 5.77. The van der Waals surface area contributed by atoms with Gasteiger partial charge in [-0.1, -0.05) is 43.7 Å². The Bertz CT molecular complexity index is 335. The van der Waals surface area contributed by atoms with Crippen molar-refractivity contribution in [2.75, 3.05) is 0 Å². The molecule has 2 atom stereocenters. The minimum atomic E-state index is -0.0898. The molecule has 3 heteroatoms. The van der Waals surface area contributed by atoms with E-state index in [2.05, 4.69) is 12.2 Å². The van der Waals surface area contributed by atoms with E-state index in [0.717, 1.165) is 18.4 Å². The highest BCUT2D eigenvalue weighted by Crippen LogP contribution is 2.18. The molecular weight excluding hydrogens is 212 g/mol. The maximum Gasteiger partial charge on any atom is 0.222 e. The van der Waals surface area contributed by atoms with E-state index in [0.29, 0.717) is 6.42 Å². The molecule has 17 heavy (non-hydrogen) atoms. The number of benzene rings is 1. The van der Waals surface area contributed by atoms with Gasteiger partial charge >= 0.3 is 0 Å². The average molecular weight is 234 g/mol. The molecule has 94 valence electrons. The summed E-state index contributed by atoms with van der Waals surface area (Å²) in [5, 5.41) is 3.05. The first kappa shape index (κ1) is 13.7. The molecule has 0 fully saturated rings. The van der Waals surface area contributed by atoms with Crippen molar-refractivity contribution in [3.63, 3.8) is 0 Å². The minimum Gasteiger partial charge on any atom is -0.349 e. The number of hydrogen-bond donors (Lipinski definition) is 2. The molecule has 1 aromatic rings. The van der Waals surface area contributed by atoms with Crippen molar-refractivity contribution < 1.29 is 4.79 Å². The molecule has 0 aromatic heterocycles. The van der Waals surface area contributed by atoms with E-state index < -0.39 is 0 Å². The lowest BCUT2D eigenvalue weighted by Gasteiger charge is -2.19. The van der Waals surface area contributed by atoms with Crippen LogP contribution in [0.2, 0.25) is 0 Å². The Balaban J connectivity index is 2.64. The van der Waals surface area contributed by atoms with Crippen LogP contribution in [0.1, 0.15) is 44.7 Å². The number of nitrogens with two attached hydrogens (primary N) is 1. The smallest absolute Gasteiger partial charge is 0.222 e. The van der Waals surface area contributed by atoms with Gasteiger partial charge in [0, 0.05) is 12.5 Å². The van der Waals surface area contributed by atoms with Gasteiger partial charge in [-0.15, -0.1) is 0 Å². The number of carbonyl (C=O) groups is 1. The summed E-state index contributed by atoms with van der Waals surface area (Å²) in [6.45, 7) is 3.96. The Morgan fingerprint density at radius 2 is 2.00 bits per heavy atom. The lowest BCUT2D eigenvalue weighted by atomic mass is 10.0. The van der Waals surface area contributed by atoms with Gasteiger partial charge in [-0.05, 0) is 18.9 Å². The molecule has 0 radical (unpaired) electrons. The first-order chi connectivity index (χ1) is 8.13. The Kier molecular flexibility index (Phi) is 5.70.